The van der Waals surface area contributed by atoms with Crippen LogP contribution in [-0.2, 0) is 0 Å². The van der Waals surface area contributed by atoms with Gasteiger partial charge in [-0.05, 0) is 12.8 Å². The summed E-state index contributed by atoms with van der Waals surface area (Å²) in [5.41, 5.74) is 1.16. The van der Waals surface area contributed by atoms with E-state index in [-0.39, 0.29) is 0 Å². The third-order valence-corrected chi connectivity index (χ3v) is 2.45. The Morgan fingerprint density at radius 3 is 2.69 bits per heavy atom. The normalized spacial score (nSPS) is 20.0. The van der Waals surface area contributed by atoms with Crippen molar-refractivity contribution in [2.45, 2.75) is 18.8 Å². The Labute approximate surface area is 76.7 Å². The summed E-state index contributed by atoms with van der Waals surface area (Å²) in [7, 11) is 0. The smallest absolute Gasteiger partial charge is 0.179 e. The minimum absolute atomic E-state index is 0.636. The van der Waals surface area contributed by atoms with E-state index in [9.17, 15) is 0 Å². The number of hydrogen-bond acceptors (Lipinski definition) is 3. The average Bonchev–Trinajstić information content (AvgIpc) is 3.00. The number of nitrogens with zero attached hydrogens (tertiary/aromatic N) is 1. The first-order valence-electron chi connectivity index (χ1n) is 4.69. The summed E-state index contributed by atoms with van der Waals surface area (Å²) in [5, 5.41) is 0. The maximum absolute atomic E-state index is 5.48. The molecular weight excluding hydrogens is 166 g/mol. The maximum atomic E-state index is 5.48. The van der Waals surface area contributed by atoms with Crippen LogP contribution in [0.3, 0.4) is 0 Å². The summed E-state index contributed by atoms with van der Waals surface area (Å²) in [4.78, 5) is 4.35. The predicted octanol–water partition coefficient (Wildman–Crippen LogP) is 1.73. The zero-order chi connectivity index (χ0) is 8.67. The Hall–Kier alpha value is -1.25. The van der Waals surface area contributed by atoms with Crippen LogP contribution in [0.4, 0.5) is 0 Å². The second-order valence-electron chi connectivity index (χ2n) is 3.53. The fourth-order valence-corrected chi connectivity index (χ4v) is 1.57. The first kappa shape index (κ1) is 7.18. The standard InChI is InChI=1S/C10H11NO2/c1-2-7(1)8-5-9-10(6-11-8)13-4-3-12-9/h5-7H,1-4H2. The molecule has 3 nitrogen and oxygen atoms in total. The highest BCUT2D eigenvalue weighted by Gasteiger charge is 2.26. The van der Waals surface area contributed by atoms with Crippen molar-refractivity contribution in [2.75, 3.05) is 13.2 Å². The summed E-state index contributed by atoms with van der Waals surface area (Å²) in [5.74, 6) is 2.33. The maximum Gasteiger partial charge on any atom is 0.179 e. The van der Waals surface area contributed by atoms with Crippen LogP contribution in [0.25, 0.3) is 0 Å². The molecular formula is C10H11NO2. The van der Waals surface area contributed by atoms with Crippen LogP contribution in [0.15, 0.2) is 12.3 Å². The lowest BCUT2D eigenvalue weighted by molar-refractivity contribution is 0.170. The third-order valence-electron chi connectivity index (χ3n) is 2.45. The summed E-state index contributed by atoms with van der Waals surface area (Å²) >= 11 is 0. The lowest BCUT2D eigenvalue weighted by Gasteiger charge is -2.18. The third kappa shape index (κ3) is 1.24. The van der Waals surface area contributed by atoms with Crippen LogP contribution in [0, 0.1) is 0 Å². The molecule has 68 valence electrons. The first-order chi connectivity index (χ1) is 6.43. The molecule has 0 spiro atoms. The van der Waals surface area contributed by atoms with Crippen LogP contribution in [0.5, 0.6) is 11.5 Å². The molecule has 3 rings (SSSR count). The Bertz CT molecular complexity index is 334. The highest BCUT2D eigenvalue weighted by Crippen LogP contribution is 2.41. The van der Waals surface area contributed by atoms with Crippen LogP contribution < -0.4 is 9.47 Å². The number of ether oxygens (including phenoxy) is 2. The molecule has 3 heteroatoms. The molecule has 1 aromatic heterocycles. The van der Waals surface area contributed by atoms with E-state index in [1.807, 2.05) is 6.07 Å². The molecule has 0 radical (unpaired) electrons. The topological polar surface area (TPSA) is 31.4 Å². The molecule has 0 atom stereocenters. The molecule has 13 heavy (non-hydrogen) atoms. The van der Waals surface area contributed by atoms with Crippen molar-refractivity contribution in [2.24, 2.45) is 0 Å². The predicted molar refractivity (Wildman–Crippen MR) is 47.2 cm³/mol. The van der Waals surface area contributed by atoms with Gasteiger partial charge < -0.3 is 9.47 Å². The molecule has 1 aliphatic heterocycles. The number of aromatic nitrogens is 1. The van der Waals surface area contributed by atoms with E-state index < -0.39 is 0 Å². The zero-order valence-corrected chi connectivity index (χ0v) is 7.32. The second kappa shape index (κ2) is 2.62. The molecule has 2 heterocycles. The summed E-state index contributed by atoms with van der Waals surface area (Å²) in [6.45, 7) is 1.29. The Morgan fingerprint density at radius 2 is 1.92 bits per heavy atom. The first-order valence-corrected chi connectivity index (χ1v) is 4.69. The number of rotatable bonds is 1. The molecule has 0 saturated heterocycles. The van der Waals surface area contributed by atoms with Gasteiger partial charge in [0.1, 0.15) is 13.2 Å². The molecule has 1 fully saturated rings. The van der Waals surface area contributed by atoms with Gasteiger partial charge in [-0.1, -0.05) is 0 Å². The lowest BCUT2D eigenvalue weighted by Crippen LogP contribution is -2.15. The van der Waals surface area contributed by atoms with E-state index in [0.717, 1.165) is 17.2 Å². The Kier molecular flexibility index (Phi) is 1.45. The van der Waals surface area contributed by atoms with Gasteiger partial charge in [-0.25, -0.2) is 0 Å². The largest absolute Gasteiger partial charge is 0.486 e. The summed E-state index contributed by atoms with van der Waals surface area (Å²) < 4.78 is 10.9. The van der Waals surface area contributed by atoms with Gasteiger partial charge in [0.25, 0.3) is 0 Å². The monoisotopic (exact) mass is 177 g/mol. The van der Waals surface area contributed by atoms with Crippen LogP contribution in [0.2, 0.25) is 0 Å². The molecule has 1 aromatic rings. The van der Waals surface area contributed by atoms with Crippen LogP contribution in [0.1, 0.15) is 24.5 Å². The Morgan fingerprint density at radius 1 is 1.15 bits per heavy atom. The van der Waals surface area contributed by atoms with Gasteiger partial charge in [-0.3, -0.25) is 4.98 Å². The average molecular weight is 177 g/mol. The van der Waals surface area contributed by atoms with Crippen molar-refractivity contribution >= 4 is 0 Å². The van der Waals surface area contributed by atoms with Gasteiger partial charge in [0.2, 0.25) is 0 Å². The molecule has 0 aromatic carbocycles. The molecule has 2 aliphatic rings. The number of fused-ring (bicyclic) bond motifs is 1. The fraction of sp³-hybridized carbons (Fsp3) is 0.500. The van der Waals surface area contributed by atoms with E-state index in [4.69, 9.17) is 9.47 Å². The second-order valence-corrected chi connectivity index (χ2v) is 3.53. The highest BCUT2D eigenvalue weighted by atomic mass is 16.6. The van der Waals surface area contributed by atoms with Gasteiger partial charge in [-0.15, -0.1) is 0 Å². The van der Waals surface area contributed by atoms with Crippen LogP contribution >= 0.6 is 0 Å². The van der Waals surface area contributed by atoms with Gasteiger partial charge in [0, 0.05) is 17.7 Å². The molecule has 0 unspecified atom stereocenters. The highest BCUT2D eigenvalue weighted by molar-refractivity contribution is 5.41. The molecule has 0 bridgehead atoms. The lowest BCUT2D eigenvalue weighted by atomic mass is 10.2. The van der Waals surface area contributed by atoms with Crippen molar-refractivity contribution in [1.29, 1.82) is 0 Å². The van der Waals surface area contributed by atoms with Crippen molar-refractivity contribution < 1.29 is 9.47 Å². The minimum atomic E-state index is 0.636. The molecule has 0 N–H and O–H groups in total. The van der Waals surface area contributed by atoms with Gasteiger partial charge in [0.05, 0.1) is 6.20 Å². The van der Waals surface area contributed by atoms with E-state index in [1.165, 1.54) is 12.8 Å². The van der Waals surface area contributed by atoms with E-state index in [2.05, 4.69) is 4.98 Å². The van der Waals surface area contributed by atoms with E-state index in [0.29, 0.717) is 19.1 Å². The summed E-state index contributed by atoms with van der Waals surface area (Å²) in [6.07, 6.45) is 4.32. The number of hydrogen-bond donors (Lipinski definition) is 0. The van der Waals surface area contributed by atoms with Crippen molar-refractivity contribution in [3.63, 3.8) is 0 Å². The number of pyridine rings is 1. The molecule has 1 saturated carbocycles. The van der Waals surface area contributed by atoms with Crippen molar-refractivity contribution in [1.82, 2.24) is 4.98 Å². The SMILES string of the molecule is c1nc(C2CC2)cc2c1OCCO2. The fourth-order valence-electron chi connectivity index (χ4n) is 1.57. The quantitative estimate of drug-likeness (QED) is 0.654. The molecule has 0 amide bonds. The Balaban J connectivity index is 1.98. The van der Waals surface area contributed by atoms with E-state index >= 15 is 0 Å². The van der Waals surface area contributed by atoms with Crippen molar-refractivity contribution in [3.8, 4) is 11.5 Å². The van der Waals surface area contributed by atoms with Gasteiger partial charge in [0.15, 0.2) is 11.5 Å². The minimum Gasteiger partial charge on any atom is -0.486 e. The van der Waals surface area contributed by atoms with Crippen molar-refractivity contribution in [3.05, 3.63) is 18.0 Å². The van der Waals surface area contributed by atoms with Gasteiger partial charge in [-0.2, -0.15) is 0 Å². The van der Waals surface area contributed by atoms with E-state index in [1.54, 1.807) is 6.20 Å². The van der Waals surface area contributed by atoms with Crippen LogP contribution in [-0.4, -0.2) is 18.2 Å². The molecule has 1 aliphatic carbocycles. The van der Waals surface area contributed by atoms with Gasteiger partial charge >= 0.3 is 0 Å². The zero-order valence-electron chi connectivity index (χ0n) is 7.32. The summed E-state index contributed by atoms with van der Waals surface area (Å²) in [6, 6.07) is 2.02.